The predicted molar refractivity (Wildman–Crippen MR) is 69.6 cm³/mol. The van der Waals surface area contributed by atoms with Gasteiger partial charge in [-0.2, -0.15) is 52.7 Å². The Morgan fingerprint density at radius 3 is 0.697 bits per heavy atom. The predicted octanol–water partition coefficient (Wildman–Crippen LogP) is 0.324. The molecule has 0 aliphatic heterocycles. The fourth-order valence-corrected chi connectivity index (χ4v) is 0.658. The van der Waals surface area contributed by atoms with E-state index in [1.165, 1.54) is 0 Å². The van der Waals surface area contributed by atoms with Gasteiger partial charge in [-0.1, -0.05) is 0 Å². The summed E-state index contributed by atoms with van der Waals surface area (Å²) >= 11 is 0. The minimum atomic E-state index is -4.74. The summed E-state index contributed by atoms with van der Waals surface area (Å²) in [4.78, 5) is 26.6. The van der Waals surface area contributed by atoms with Gasteiger partial charge in [-0.25, -0.2) is 19.6 Å². The molecule has 0 saturated heterocycles. The summed E-state index contributed by atoms with van der Waals surface area (Å²) in [5.74, 6) is 0. The summed E-state index contributed by atoms with van der Waals surface area (Å²) in [6.07, 6.45) is -19.0. The summed E-state index contributed by atoms with van der Waals surface area (Å²) in [5, 5.41) is 20.5. The van der Waals surface area contributed by atoms with Crippen molar-refractivity contribution in [3.05, 3.63) is 0 Å². The molecule has 10 nitrogen and oxygen atoms in total. The third-order valence-corrected chi connectivity index (χ3v) is 1.48. The topological polar surface area (TPSA) is 120 Å². The SMILES string of the molecule is [Mg+2].[O-]B(OOCC(F)(F)F)OOCC(F)(F)F.[O-]B(OOCC(F)(F)F)OOCC(F)(F)F. The Balaban J connectivity index is -0.000000529. The van der Waals surface area contributed by atoms with E-state index in [2.05, 4.69) is 38.8 Å². The number of rotatable bonds is 12. The first-order valence-electron chi connectivity index (χ1n) is 6.92. The molecule has 0 rings (SSSR count). The fourth-order valence-electron chi connectivity index (χ4n) is 0.658. The van der Waals surface area contributed by atoms with Crippen molar-refractivity contribution in [2.45, 2.75) is 24.7 Å². The average molecular weight is 538 g/mol. The molecule has 25 heteroatoms. The van der Waals surface area contributed by atoms with Gasteiger partial charge < -0.3 is 10.0 Å². The van der Waals surface area contributed by atoms with Crippen LogP contribution in [0, 0.1) is 0 Å². The molecule has 0 fully saturated rings. The molecule has 0 unspecified atom stereocenters. The first kappa shape index (κ1) is 37.2. The Kier molecular flexibility index (Phi) is 19.3. The van der Waals surface area contributed by atoms with E-state index >= 15 is 0 Å². The van der Waals surface area contributed by atoms with E-state index in [0.29, 0.717) is 0 Å². The van der Waals surface area contributed by atoms with Crippen LogP contribution in [0.1, 0.15) is 0 Å². The van der Waals surface area contributed by atoms with Crippen molar-refractivity contribution in [2.75, 3.05) is 26.4 Å². The molecule has 0 saturated carbocycles. The van der Waals surface area contributed by atoms with Crippen LogP contribution in [-0.2, 0) is 38.8 Å². The molecule has 33 heavy (non-hydrogen) atoms. The van der Waals surface area contributed by atoms with Gasteiger partial charge >= 0.3 is 62.4 Å². The molecule has 0 aromatic carbocycles. The molecule has 0 aromatic rings. The van der Waals surface area contributed by atoms with Crippen molar-refractivity contribution in [2.24, 2.45) is 0 Å². The van der Waals surface area contributed by atoms with Gasteiger partial charge in [0.1, 0.15) is 0 Å². The van der Waals surface area contributed by atoms with E-state index in [1.54, 1.807) is 0 Å². The summed E-state index contributed by atoms with van der Waals surface area (Å²) < 4.78 is 137. The molecule has 0 aliphatic carbocycles. The minimum absolute atomic E-state index is 0. The van der Waals surface area contributed by atoms with Crippen molar-refractivity contribution >= 4 is 37.7 Å². The second-order valence-corrected chi connectivity index (χ2v) is 4.47. The molecule has 0 atom stereocenters. The van der Waals surface area contributed by atoms with Crippen LogP contribution < -0.4 is 10.0 Å². The molecule has 0 bridgehead atoms. The van der Waals surface area contributed by atoms with E-state index in [9.17, 15) is 62.7 Å². The second kappa shape index (κ2) is 17.1. The normalized spacial score (nSPS) is 12.5. The summed E-state index contributed by atoms with van der Waals surface area (Å²) in [5.41, 5.74) is 0. The summed E-state index contributed by atoms with van der Waals surface area (Å²) in [6, 6.07) is 0. The third kappa shape index (κ3) is 36.4. The molecule has 0 aliphatic rings. The smallest absolute Gasteiger partial charge is 0.828 e. The van der Waals surface area contributed by atoms with Crippen LogP contribution in [-0.4, -0.2) is 88.8 Å². The van der Waals surface area contributed by atoms with Crippen LogP contribution in [0.5, 0.6) is 0 Å². The molecule has 0 N–H and O–H groups in total. The number of hydrogen-bond acceptors (Lipinski definition) is 10. The monoisotopic (exact) mass is 538 g/mol. The Bertz CT molecular complexity index is 397. The summed E-state index contributed by atoms with van der Waals surface area (Å²) in [7, 11) is -5.55. The van der Waals surface area contributed by atoms with E-state index in [1.807, 2.05) is 0 Å². The van der Waals surface area contributed by atoms with Gasteiger partial charge in [0.15, 0.2) is 26.4 Å². The van der Waals surface area contributed by atoms with Gasteiger partial charge in [0.05, 0.1) is 0 Å². The minimum Gasteiger partial charge on any atom is -0.828 e. The van der Waals surface area contributed by atoms with E-state index in [4.69, 9.17) is 0 Å². The molecule has 0 radical (unpaired) electrons. The Labute approximate surface area is 191 Å². The Hall–Kier alpha value is -0.344. The summed E-state index contributed by atoms with van der Waals surface area (Å²) in [6.45, 7) is -7.63. The molecule has 0 amide bonds. The molecular weight excluding hydrogens is 530 g/mol. The van der Waals surface area contributed by atoms with E-state index in [0.717, 1.165) is 0 Å². The van der Waals surface area contributed by atoms with Crippen LogP contribution in [0.15, 0.2) is 0 Å². The van der Waals surface area contributed by atoms with Crippen molar-refractivity contribution < 1.29 is 102 Å². The van der Waals surface area contributed by atoms with E-state index < -0.39 is 65.8 Å². The molecule has 0 aromatic heterocycles. The van der Waals surface area contributed by atoms with Gasteiger partial charge in [-0.05, 0) is 0 Å². The van der Waals surface area contributed by atoms with Crippen molar-refractivity contribution in [3.63, 3.8) is 0 Å². The average Bonchev–Trinajstić information content (AvgIpc) is 2.50. The number of hydrogen-bond donors (Lipinski definition) is 0. The van der Waals surface area contributed by atoms with E-state index in [-0.39, 0.29) is 23.1 Å². The van der Waals surface area contributed by atoms with Gasteiger partial charge in [-0.15, -0.1) is 0 Å². The van der Waals surface area contributed by atoms with Crippen LogP contribution in [0.3, 0.4) is 0 Å². The second-order valence-electron chi connectivity index (χ2n) is 4.47. The molecule has 192 valence electrons. The first-order valence-corrected chi connectivity index (χ1v) is 6.92. The third-order valence-electron chi connectivity index (χ3n) is 1.48. The fraction of sp³-hybridized carbons (Fsp3) is 1.00. The molecule has 0 spiro atoms. The Morgan fingerprint density at radius 1 is 0.424 bits per heavy atom. The maximum absolute atomic E-state index is 11.4. The standard InChI is InChI=1S/2C4H4BF6O5.Mg/c2*6-3(7,8)1-13-15-5(12)16-14-2-4(9,10)11;/h2*1-2H2;/q2*-1;+2. The zero-order valence-electron chi connectivity index (χ0n) is 15.3. The maximum Gasteiger partial charge on any atom is 2.00 e. The quantitative estimate of drug-likeness (QED) is 0.149. The molecular formula is C8H8B2F12MgO10. The first-order chi connectivity index (χ1) is 14.2. The number of halogens is 12. The van der Waals surface area contributed by atoms with Gasteiger partial charge in [0.2, 0.25) is 0 Å². The largest absolute Gasteiger partial charge is 2.00 e. The van der Waals surface area contributed by atoms with Gasteiger partial charge in [-0.3, -0.25) is 19.2 Å². The van der Waals surface area contributed by atoms with Crippen LogP contribution in [0.25, 0.3) is 0 Å². The van der Waals surface area contributed by atoms with Gasteiger partial charge in [0.25, 0.3) is 0 Å². The maximum atomic E-state index is 11.4. The van der Waals surface area contributed by atoms with Crippen molar-refractivity contribution in [3.8, 4) is 0 Å². The van der Waals surface area contributed by atoms with Crippen molar-refractivity contribution in [1.29, 1.82) is 0 Å². The van der Waals surface area contributed by atoms with Crippen LogP contribution in [0.4, 0.5) is 52.7 Å². The van der Waals surface area contributed by atoms with Gasteiger partial charge in [0, 0.05) is 0 Å². The van der Waals surface area contributed by atoms with Crippen molar-refractivity contribution in [1.82, 2.24) is 0 Å². The zero-order chi connectivity index (χ0) is 25.6. The van der Waals surface area contributed by atoms with Crippen LogP contribution in [0.2, 0.25) is 0 Å². The zero-order valence-corrected chi connectivity index (χ0v) is 16.7. The Morgan fingerprint density at radius 2 is 0.576 bits per heavy atom. The van der Waals surface area contributed by atoms with Crippen LogP contribution >= 0.6 is 0 Å². The molecule has 0 heterocycles. The number of alkyl halides is 12.